The molecule has 0 atom stereocenters. The predicted octanol–water partition coefficient (Wildman–Crippen LogP) is 1.51. The number of rotatable bonds is 0. The molecule has 1 heterocycles. The molecule has 0 N–H and O–H groups in total. The van der Waals surface area contributed by atoms with Gasteiger partial charge in [0.15, 0.2) is 0 Å². The molecule has 39 valence electrons. The van der Waals surface area contributed by atoms with E-state index in [9.17, 15) is 0 Å². The zero-order chi connectivity index (χ0) is 4.95. The van der Waals surface area contributed by atoms with Crippen LogP contribution in [0.2, 0.25) is 0 Å². The molecule has 1 nitrogen and oxygen atoms in total. The van der Waals surface area contributed by atoms with Crippen LogP contribution in [-0.4, -0.2) is 12.8 Å². The Kier molecular flexibility index (Phi) is 1.91. The lowest BCUT2D eigenvalue weighted by Gasteiger charge is -1.85. The molecule has 0 amide bonds. The largest absolute Gasteiger partial charge is 0.288 e. The van der Waals surface area contributed by atoms with Gasteiger partial charge in [-0.25, -0.2) is 0 Å². The fourth-order valence-electron chi connectivity index (χ4n) is 0.730. The molecule has 1 heteroatoms. The van der Waals surface area contributed by atoms with Crippen LogP contribution >= 0.6 is 0 Å². The van der Waals surface area contributed by atoms with Crippen molar-refractivity contribution in [2.45, 2.75) is 25.7 Å². The Morgan fingerprint density at radius 2 is 2.14 bits per heavy atom. The summed E-state index contributed by atoms with van der Waals surface area (Å²) in [5, 5.41) is 0. The Morgan fingerprint density at radius 3 is 3.14 bits per heavy atom. The molecule has 1 aliphatic rings. The van der Waals surface area contributed by atoms with Crippen molar-refractivity contribution in [1.29, 1.82) is 0 Å². The first-order valence-corrected chi connectivity index (χ1v) is 2.89. The van der Waals surface area contributed by atoms with Gasteiger partial charge in [-0.3, -0.25) is 4.99 Å². The first-order chi connectivity index (χ1) is 3.50. The molecule has 0 bridgehead atoms. The second-order valence-electron chi connectivity index (χ2n) is 1.85. The lowest BCUT2D eigenvalue weighted by molar-refractivity contribution is 0.732. The van der Waals surface area contributed by atoms with Crippen LogP contribution in [0.3, 0.4) is 0 Å². The molecule has 0 aliphatic carbocycles. The van der Waals surface area contributed by atoms with Gasteiger partial charge in [0.05, 0.1) is 6.21 Å². The van der Waals surface area contributed by atoms with E-state index in [0.717, 1.165) is 13.0 Å². The Balaban J connectivity index is 2.20. The summed E-state index contributed by atoms with van der Waals surface area (Å²) >= 11 is 0. The van der Waals surface area contributed by atoms with Gasteiger partial charge in [-0.2, -0.15) is 0 Å². The summed E-state index contributed by atoms with van der Waals surface area (Å²) < 4.78 is 0. The lowest BCUT2D eigenvalue weighted by Crippen LogP contribution is -1.73. The minimum atomic E-state index is 1.01. The Hall–Kier alpha value is -0.330. The number of hydrogen-bond acceptors (Lipinski definition) is 1. The van der Waals surface area contributed by atoms with Gasteiger partial charge in [0.2, 0.25) is 0 Å². The Morgan fingerprint density at radius 1 is 1.14 bits per heavy atom. The van der Waals surface area contributed by atoms with Crippen molar-refractivity contribution >= 4 is 6.21 Å². The van der Waals surface area contributed by atoms with E-state index < -0.39 is 0 Å². The van der Waals surface area contributed by atoms with Crippen molar-refractivity contribution in [1.82, 2.24) is 0 Å². The molecule has 0 fully saturated rings. The van der Waals surface area contributed by atoms with Crippen LogP contribution < -0.4 is 0 Å². The number of aliphatic imine (C=N–C) groups is 1. The van der Waals surface area contributed by atoms with Crippen LogP contribution in [0.15, 0.2) is 4.99 Å². The van der Waals surface area contributed by atoms with E-state index in [0.29, 0.717) is 0 Å². The summed E-state index contributed by atoms with van der Waals surface area (Å²) in [5.74, 6) is 0. The molecule has 7 heavy (non-hydrogen) atoms. The van der Waals surface area contributed by atoms with Crippen molar-refractivity contribution in [2.24, 2.45) is 4.99 Å². The Bertz CT molecular complexity index is 58.6. The van der Waals surface area contributed by atoms with Crippen molar-refractivity contribution in [3.05, 3.63) is 0 Å². The highest BCUT2D eigenvalue weighted by Crippen LogP contribution is 2.01. The van der Waals surface area contributed by atoms with Gasteiger partial charge in [0, 0.05) is 6.54 Å². The van der Waals surface area contributed by atoms with E-state index in [2.05, 4.69) is 11.2 Å². The molecular formula is C6H10N. The smallest absolute Gasteiger partial charge is 0.0558 e. The van der Waals surface area contributed by atoms with E-state index in [1.165, 1.54) is 19.3 Å². The SMILES string of the molecule is [C]1=NCCCCC1. The molecular weight excluding hydrogens is 86.1 g/mol. The van der Waals surface area contributed by atoms with Gasteiger partial charge < -0.3 is 0 Å². The van der Waals surface area contributed by atoms with Crippen LogP contribution in [0.4, 0.5) is 0 Å². The molecule has 0 unspecified atom stereocenters. The quantitative estimate of drug-likeness (QED) is 0.433. The third kappa shape index (κ3) is 1.72. The van der Waals surface area contributed by atoms with Crippen LogP contribution in [0.5, 0.6) is 0 Å². The first kappa shape index (κ1) is 4.82. The molecule has 1 rings (SSSR count). The number of hydrogen-bond donors (Lipinski definition) is 0. The Labute approximate surface area is 44.5 Å². The van der Waals surface area contributed by atoms with Crippen molar-refractivity contribution < 1.29 is 0 Å². The molecule has 0 saturated carbocycles. The summed E-state index contributed by atoms with van der Waals surface area (Å²) in [5.41, 5.74) is 0. The van der Waals surface area contributed by atoms with E-state index in [1.54, 1.807) is 0 Å². The van der Waals surface area contributed by atoms with Gasteiger partial charge in [-0.1, -0.05) is 6.42 Å². The molecule has 0 spiro atoms. The standard InChI is InChI=1S/C6H10N/c1-2-4-6-7-5-3-1/h1-5H2. The average Bonchev–Trinajstić information content (AvgIpc) is 1.90. The van der Waals surface area contributed by atoms with Gasteiger partial charge in [0.1, 0.15) is 0 Å². The summed E-state index contributed by atoms with van der Waals surface area (Å²) in [6, 6.07) is 0. The molecule has 0 aromatic heterocycles. The summed E-state index contributed by atoms with van der Waals surface area (Å²) in [6.07, 6.45) is 7.97. The van der Waals surface area contributed by atoms with Crippen LogP contribution in [0, 0.1) is 0 Å². The van der Waals surface area contributed by atoms with E-state index in [1.807, 2.05) is 0 Å². The first-order valence-electron chi connectivity index (χ1n) is 2.89. The minimum Gasteiger partial charge on any atom is -0.288 e. The highest BCUT2D eigenvalue weighted by molar-refractivity contribution is 5.57. The van der Waals surface area contributed by atoms with Gasteiger partial charge in [-0.05, 0) is 19.3 Å². The normalized spacial score (nSPS) is 21.7. The molecule has 1 radical (unpaired) electrons. The van der Waals surface area contributed by atoms with E-state index in [-0.39, 0.29) is 0 Å². The summed E-state index contributed by atoms with van der Waals surface area (Å²) in [4.78, 5) is 4.02. The van der Waals surface area contributed by atoms with Crippen molar-refractivity contribution in [3.63, 3.8) is 0 Å². The predicted molar refractivity (Wildman–Crippen MR) is 30.8 cm³/mol. The molecule has 1 aliphatic heterocycles. The summed E-state index contributed by atoms with van der Waals surface area (Å²) in [7, 11) is 0. The third-order valence-electron chi connectivity index (χ3n) is 1.17. The molecule has 0 aromatic carbocycles. The molecule has 0 aromatic rings. The van der Waals surface area contributed by atoms with Gasteiger partial charge in [-0.15, -0.1) is 0 Å². The van der Waals surface area contributed by atoms with Gasteiger partial charge >= 0.3 is 0 Å². The second kappa shape index (κ2) is 2.78. The van der Waals surface area contributed by atoms with Crippen molar-refractivity contribution in [2.75, 3.05) is 6.54 Å². The van der Waals surface area contributed by atoms with Crippen molar-refractivity contribution in [3.8, 4) is 0 Å². The fraction of sp³-hybridized carbons (Fsp3) is 0.833. The number of nitrogens with zero attached hydrogens (tertiary/aromatic N) is 1. The maximum atomic E-state index is 4.02. The maximum Gasteiger partial charge on any atom is 0.0558 e. The second-order valence-corrected chi connectivity index (χ2v) is 1.85. The fourth-order valence-corrected chi connectivity index (χ4v) is 0.730. The van der Waals surface area contributed by atoms with Crippen LogP contribution in [-0.2, 0) is 0 Å². The van der Waals surface area contributed by atoms with Gasteiger partial charge in [0.25, 0.3) is 0 Å². The monoisotopic (exact) mass is 96.1 g/mol. The summed E-state index contributed by atoms with van der Waals surface area (Å²) in [6.45, 7) is 1.01. The highest BCUT2D eigenvalue weighted by Gasteiger charge is 1.90. The topological polar surface area (TPSA) is 12.4 Å². The minimum absolute atomic E-state index is 1.01. The molecule has 0 saturated heterocycles. The average molecular weight is 96.2 g/mol. The zero-order valence-corrected chi connectivity index (χ0v) is 4.48. The third-order valence-corrected chi connectivity index (χ3v) is 1.17. The maximum absolute atomic E-state index is 4.02. The highest BCUT2D eigenvalue weighted by atomic mass is 14.7. The van der Waals surface area contributed by atoms with E-state index in [4.69, 9.17) is 0 Å². The van der Waals surface area contributed by atoms with Crippen LogP contribution in [0.25, 0.3) is 0 Å². The zero-order valence-electron chi connectivity index (χ0n) is 4.48. The lowest BCUT2D eigenvalue weighted by atomic mass is 10.2. The van der Waals surface area contributed by atoms with Crippen LogP contribution in [0.1, 0.15) is 25.7 Å². The van der Waals surface area contributed by atoms with E-state index >= 15 is 0 Å².